The van der Waals surface area contributed by atoms with Crippen molar-refractivity contribution in [2.45, 2.75) is 6.61 Å². The Hall–Kier alpha value is -3.07. The van der Waals surface area contributed by atoms with Gasteiger partial charge >= 0.3 is 6.61 Å². The fourth-order valence-electron chi connectivity index (χ4n) is 2.26. The van der Waals surface area contributed by atoms with Gasteiger partial charge in [0.05, 0.1) is 13.3 Å². The molecule has 0 unspecified atom stereocenters. The number of nitrogens with one attached hydrogen (secondary N) is 1. The van der Waals surface area contributed by atoms with Crippen LogP contribution in [0.4, 0.5) is 8.78 Å². The Bertz CT molecular complexity index is 985. The lowest BCUT2D eigenvalue weighted by Gasteiger charge is -2.07. The highest BCUT2D eigenvalue weighted by Crippen LogP contribution is 2.23. The molecule has 0 aliphatic rings. The second-order valence-corrected chi connectivity index (χ2v) is 5.44. The number of hydrogen-bond donors (Lipinski definition) is 1. The van der Waals surface area contributed by atoms with Crippen LogP contribution in [0, 0.1) is 4.77 Å². The van der Waals surface area contributed by atoms with Gasteiger partial charge in [-0.25, -0.2) is 5.10 Å². The zero-order valence-electron chi connectivity index (χ0n) is 13.6. The fourth-order valence-corrected chi connectivity index (χ4v) is 2.44. The van der Waals surface area contributed by atoms with Crippen molar-refractivity contribution in [2.75, 3.05) is 7.11 Å². The highest BCUT2D eigenvalue weighted by Gasteiger charge is 2.10. The smallest absolute Gasteiger partial charge is 0.387 e. The van der Waals surface area contributed by atoms with Crippen LogP contribution in [0.3, 0.4) is 0 Å². The summed E-state index contributed by atoms with van der Waals surface area (Å²) in [5, 5.41) is 11.1. The van der Waals surface area contributed by atoms with Crippen LogP contribution in [0.25, 0.3) is 11.4 Å². The molecule has 0 amide bonds. The molecule has 1 N–H and O–H groups in total. The lowest BCUT2D eigenvalue weighted by molar-refractivity contribution is -0.0499. The fraction of sp³-hybridized carbons (Fsp3) is 0.118. The number of rotatable bonds is 6. The van der Waals surface area contributed by atoms with Crippen molar-refractivity contribution in [1.82, 2.24) is 14.9 Å². The lowest BCUT2D eigenvalue weighted by Crippen LogP contribution is -2.04. The van der Waals surface area contributed by atoms with Crippen molar-refractivity contribution in [3.63, 3.8) is 0 Å². The molecule has 0 fully saturated rings. The first-order chi connectivity index (χ1) is 12.6. The van der Waals surface area contributed by atoms with Crippen molar-refractivity contribution in [3.05, 3.63) is 58.9 Å². The van der Waals surface area contributed by atoms with Crippen LogP contribution in [0.5, 0.6) is 11.5 Å². The molecule has 3 rings (SSSR count). The molecule has 9 heteroatoms. The molecule has 1 heterocycles. The number of aromatic nitrogens is 3. The van der Waals surface area contributed by atoms with E-state index in [1.165, 1.54) is 17.0 Å². The average Bonchev–Trinajstić information content (AvgIpc) is 3.01. The summed E-state index contributed by atoms with van der Waals surface area (Å²) in [4.78, 5) is 0. The van der Waals surface area contributed by atoms with Gasteiger partial charge < -0.3 is 9.47 Å². The Kier molecular flexibility index (Phi) is 5.37. The molecule has 26 heavy (non-hydrogen) atoms. The summed E-state index contributed by atoms with van der Waals surface area (Å²) in [6.45, 7) is -2.92. The maximum absolute atomic E-state index is 12.5. The van der Waals surface area contributed by atoms with E-state index < -0.39 is 6.61 Å². The number of para-hydroxylation sites is 1. The highest BCUT2D eigenvalue weighted by molar-refractivity contribution is 7.71. The first kappa shape index (κ1) is 17.7. The predicted octanol–water partition coefficient (Wildman–Crippen LogP) is 4.10. The van der Waals surface area contributed by atoms with E-state index in [2.05, 4.69) is 20.0 Å². The second kappa shape index (κ2) is 7.87. The topological polar surface area (TPSA) is 64.4 Å². The maximum Gasteiger partial charge on any atom is 0.387 e. The third-order valence-corrected chi connectivity index (χ3v) is 3.69. The van der Waals surface area contributed by atoms with Gasteiger partial charge in [0, 0.05) is 11.1 Å². The van der Waals surface area contributed by atoms with E-state index in [0.29, 0.717) is 17.1 Å². The number of H-pyrrole nitrogens is 1. The third kappa shape index (κ3) is 3.94. The van der Waals surface area contributed by atoms with Crippen LogP contribution in [-0.2, 0) is 0 Å². The second-order valence-electron chi connectivity index (χ2n) is 5.06. The molecule has 0 aliphatic heterocycles. The Morgan fingerprint density at radius 2 is 2.04 bits per heavy atom. The lowest BCUT2D eigenvalue weighted by atomic mass is 10.2. The zero-order chi connectivity index (χ0) is 18.5. The van der Waals surface area contributed by atoms with Gasteiger partial charge in [0.15, 0.2) is 5.82 Å². The molecule has 0 aliphatic carbocycles. The van der Waals surface area contributed by atoms with E-state index in [9.17, 15) is 8.78 Å². The molecule has 3 aromatic rings. The Balaban J connectivity index is 1.98. The quantitative estimate of drug-likeness (QED) is 0.520. The minimum Gasteiger partial charge on any atom is -0.497 e. The Labute approximate surface area is 152 Å². The molecule has 0 radical (unpaired) electrons. The number of methoxy groups -OCH3 is 1. The normalized spacial score (nSPS) is 11.2. The van der Waals surface area contributed by atoms with E-state index >= 15 is 0 Å². The van der Waals surface area contributed by atoms with E-state index in [0.717, 1.165) is 5.56 Å². The average molecular weight is 376 g/mol. The molecular formula is C17H14F2N4O2S. The van der Waals surface area contributed by atoms with Gasteiger partial charge in [-0.15, -0.1) is 0 Å². The van der Waals surface area contributed by atoms with Crippen molar-refractivity contribution >= 4 is 18.4 Å². The third-order valence-electron chi connectivity index (χ3n) is 3.43. The number of halogens is 2. The minimum atomic E-state index is -2.92. The van der Waals surface area contributed by atoms with Gasteiger partial charge in [-0.05, 0) is 36.5 Å². The van der Waals surface area contributed by atoms with E-state index in [4.69, 9.17) is 17.0 Å². The van der Waals surface area contributed by atoms with Crippen molar-refractivity contribution < 1.29 is 18.3 Å². The summed E-state index contributed by atoms with van der Waals surface area (Å²) in [6.07, 6.45) is 1.38. The van der Waals surface area contributed by atoms with E-state index in [1.807, 2.05) is 12.1 Å². The molecule has 0 atom stereocenters. The molecule has 0 bridgehead atoms. The number of alkyl halides is 2. The predicted molar refractivity (Wildman–Crippen MR) is 95.5 cm³/mol. The number of ether oxygens (including phenoxy) is 2. The van der Waals surface area contributed by atoms with Crippen LogP contribution in [0.1, 0.15) is 5.56 Å². The summed E-state index contributed by atoms with van der Waals surface area (Å²) in [7, 11) is 1.56. The SMILES string of the molecule is COc1cccc(-c2n[nH]c(=S)n2/N=C/c2ccccc2OC(F)F)c1. The summed E-state index contributed by atoms with van der Waals surface area (Å²) in [5.41, 5.74) is 1.11. The highest BCUT2D eigenvalue weighted by atomic mass is 32.1. The molecule has 134 valence electrons. The van der Waals surface area contributed by atoms with Crippen LogP contribution in [0.2, 0.25) is 0 Å². The first-order valence-electron chi connectivity index (χ1n) is 7.48. The van der Waals surface area contributed by atoms with Gasteiger partial charge in [0.2, 0.25) is 4.77 Å². The monoisotopic (exact) mass is 376 g/mol. The van der Waals surface area contributed by atoms with Gasteiger partial charge in [-0.3, -0.25) is 0 Å². The van der Waals surface area contributed by atoms with Gasteiger partial charge in [-0.2, -0.15) is 23.7 Å². The summed E-state index contributed by atoms with van der Waals surface area (Å²) in [6, 6.07) is 13.6. The van der Waals surface area contributed by atoms with Crippen molar-refractivity contribution in [3.8, 4) is 22.9 Å². The molecular weight excluding hydrogens is 362 g/mol. The number of nitrogens with zero attached hydrogens (tertiary/aromatic N) is 3. The zero-order valence-corrected chi connectivity index (χ0v) is 14.4. The van der Waals surface area contributed by atoms with E-state index in [-0.39, 0.29) is 10.5 Å². The minimum absolute atomic E-state index is 0.0178. The first-order valence-corrected chi connectivity index (χ1v) is 7.89. The molecule has 2 aromatic carbocycles. The number of benzene rings is 2. The largest absolute Gasteiger partial charge is 0.497 e. The molecule has 0 saturated heterocycles. The molecule has 0 spiro atoms. The molecule has 1 aromatic heterocycles. The molecule has 0 saturated carbocycles. The van der Waals surface area contributed by atoms with Crippen LogP contribution in [-0.4, -0.2) is 34.8 Å². The standard InChI is InChI=1S/C17H14F2N4O2S/c1-24-13-7-4-6-11(9-13)15-21-22-17(26)23(15)20-10-12-5-2-3-8-14(12)25-16(18)19/h2-10,16H,1H3,(H,22,26)/b20-10+. The number of hydrogen-bond acceptors (Lipinski definition) is 5. The van der Waals surface area contributed by atoms with Gasteiger partial charge in [0.25, 0.3) is 0 Å². The Morgan fingerprint density at radius 3 is 2.81 bits per heavy atom. The van der Waals surface area contributed by atoms with Gasteiger partial charge in [-0.1, -0.05) is 24.3 Å². The van der Waals surface area contributed by atoms with Crippen LogP contribution in [0.15, 0.2) is 53.6 Å². The molecule has 6 nitrogen and oxygen atoms in total. The maximum atomic E-state index is 12.5. The summed E-state index contributed by atoms with van der Waals surface area (Å²) >= 11 is 5.20. The van der Waals surface area contributed by atoms with Crippen LogP contribution >= 0.6 is 12.2 Å². The summed E-state index contributed by atoms with van der Waals surface area (Å²) in [5.74, 6) is 1.13. The van der Waals surface area contributed by atoms with Crippen molar-refractivity contribution in [2.24, 2.45) is 5.10 Å². The van der Waals surface area contributed by atoms with Crippen molar-refractivity contribution in [1.29, 1.82) is 0 Å². The van der Waals surface area contributed by atoms with Gasteiger partial charge in [0.1, 0.15) is 11.5 Å². The van der Waals surface area contributed by atoms with E-state index in [1.54, 1.807) is 37.4 Å². The Morgan fingerprint density at radius 1 is 1.23 bits per heavy atom. The summed E-state index contributed by atoms with van der Waals surface area (Å²) < 4.78 is 36.4. The number of aromatic amines is 1. The van der Waals surface area contributed by atoms with Crippen LogP contribution < -0.4 is 9.47 Å².